The summed E-state index contributed by atoms with van der Waals surface area (Å²) in [6.07, 6.45) is 0. The molecule has 7 heteroatoms. The number of thioether (sulfide) groups is 1. The van der Waals surface area contributed by atoms with Crippen molar-refractivity contribution in [2.75, 3.05) is 29.9 Å². The number of carbonyl (C=O) groups excluding carboxylic acids is 1. The van der Waals surface area contributed by atoms with Crippen molar-refractivity contribution in [2.24, 2.45) is 0 Å². The van der Waals surface area contributed by atoms with Crippen molar-refractivity contribution in [2.45, 2.75) is 20.4 Å². The predicted molar refractivity (Wildman–Crippen MR) is 118 cm³/mol. The Balaban J connectivity index is 1.45. The highest BCUT2D eigenvalue weighted by atomic mass is 32.2. The molecule has 3 aromatic rings. The van der Waals surface area contributed by atoms with Crippen LogP contribution in [0.1, 0.15) is 27.3 Å². The number of aromatic amines is 1. The average molecular weight is 408 g/mol. The molecule has 2 heterocycles. The summed E-state index contributed by atoms with van der Waals surface area (Å²) in [5.41, 5.74) is 4.59. The Morgan fingerprint density at radius 3 is 2.72 bits per heavy atom. The standard InChI is InChI=1S/C22H25N5OS/c1-15-12-17(14-27-8-10-29-11-9-27)6-7-20(15)24-22(28)19-5-3-4-18(13-19)21-23-16(2)25-26-21/h3-7,12-13H,8-11,14H2,1-2H3,(H,24,28)(H,23,25,26). The Labute approximate surface area is 175 Å². The Hall–Kier alpha value is -2.64. The van der Waals surface area contributed by atoms with E-state index >= 15 is 0 Å². The molecule has 0 atom stereocenters. The number of aromatic nitrogens is 3. The minimum absolute atomic E-state index is 0.136. The number of benzene rings is 2. The summed E-state index contributed by atoms with van der Waals surface area (Å²) >= 11 is 2.02. The molecule has 1 aromatic heterocycles. The van der Waals surface area contributed by atoms with Gasteiger partial charge >= 0.3 is 0 Å². The fourth-order valence-corrected chi connectivity index (χ4v) is 4.43. The van der Waals surface area contributed by atoms with E-state index in [4.69, 9.17) is 0 Å². The lowest BCUT2D eigenvalue weighted by Crippen LogP contribution is -2.31. The largest absolute Gasteiger partial charge is 0.322 e. The number of hydrogen-bond acceptors (Lipinski definition) is 5. The van der Waals surface area contributed by atoms with Gasteiger partial charge in [-0.3, -0.25) is 14.8 Å². The van der Waals surface area contributed by atoms with Crippen molar-refractivity contribution < 1.29 is 4.79 Å². The quantitative estimate of drug-likeness (QED) is 0.671. The molecular weight excluding hydrogens is 382 g/mol. The topological polar surface area (TPSA) is 73.9 Å². The summed E-state index contributed by atoms with van der Waals surface area (Å²) in [5, 5.41) is 10.0. The third-order valence-corrected chi connectivity index (χ3v) is 5.97. The maximum atomic E-state index is 12.8. The first kappa shape index (κ1) is 19.7. The van der Waals surface area contributed by atoms with Crippen LogP contribution in [-0.2, 0) is 6.54 Å². The molecule has 2 aromatic carbocycles. The summed E-state index contributed by atoms with van der Waals surface area (Å²) < 4.78 is 0. The highest BCUT2D eigenvalue weighted by Gasteiger charge is 2.13. The molecule has 1 aliphatic heterocycles. The molecule has 0 bridgehead atoms. The lowest BCUT2D eigenvalue weighted by atomic mass is 10.1. The molecule has 0 unspecified atom stereocenters. The number of carbonyl (C=O) groups is 1. The van der Waals surface area contributed by atoms with Crippen LogP contribution in [0.4, 0.5) is 5.69 Å². The van der Waals surface area contributed by atoms with Gasteiger partial charge in [0.25, 0.3) is 5.91 Å². The first-order valence-corrected chi connectivity index (χ1v) is 10.9. The molecule has 0 spiro atoms. The molecule has 0 saturated carbocycles. The number of hydrogen-bond donors (Lipinski definition) is 2. The van der Waals surface area contributed by atoms with E-state index in [9.17, 15) is 4.79 Å². The van der Waals surface area contributed by atoms with Crippen LogP contribution in [0.2, 0.25) is 0 Å². The number of amides is 1. The van der Waals surface area contributed by atoms with E-state index in [0.29, 0.717) is 11.4 Å². The lowest BCUT2D eigenvalue weighted by molar-refractivity contribution is 0.102. The van der Waals surface area contributed by atoms with Gasteiger partial charge in [0.05, 0.1) is 0 Å². The Morgan fingerprint density at radius 1 is 1.17 bits per heavy atom. The van der Waals surface area contributed by atoms with Crippen LogP contribution in [0.25, 0.3) is 11.4 Å². The summed E-state index contributed by atoms with van der Waals surface area (Å²) in [5.74, 6) is 3.62. The second-order valence-electron chi connectivity index (χ2n) is 7.32. The molecule has 2 N–H and O–H groups in total. The molecule has 4 rings (SSSR count). The van der Waals surface area contributed by atoms with Crippen LogP contribution in [0.15, 0.2) is 42.5 Å². The Bertz CT molecular complexity index is 1010. The van der Waals surface area contributed by atoms with Crippen molar-refractivity contribution in [3.63, 3.8) is 0 Å². The van der Waals surface area contributed by atoms with E-state index in [2.05, 4.69) is 37.5 Å². The fraction of sp³-hybridized carbons (Fsp3) is 0.318. The highest BCUT2D eigenvalue weighted by Crippen LogP contribution is 2.21. The molecule has 0 radical (unpaired) electrons. The van der Waals surface area contributed by atoms with E-state index in [1.54, 1.807) is 6.07 Å². The number of H-pyrrole nitrogens is 1. The number of nitrogens with one attached hydrogen (secondary N) is 2. The SMILES string of the molecule is Cc1nc(-c2cccc(C(=O)Nc3ccc(CN4CCSCC4)cc3C)c2)n[nH]1. The first-order valence-electron chi connectivity index (χ1n) is 9.79. The Morgan fingerprint density at radius 2 is 2.00 bits per heavy atom. The number of nitrogens with zero attached hydrogens (tertiary/aromatic N) is 3. The molecule has 6 nitrogen and oxygen atoms in total. The maximum absolute atomic E-state index is 12.8. The average Bonchev–Trinajstić information content (AvgIpc) is 3.17. The van der Waals surface area contributed by atoms with Crippen LogP contribution in [0.3, 0.4) is 0 Å². The van der Waals surface area contributed by atoms with Crippen LogP contribution < -0.4 is 5.32 Å². The van der Waals surface area contributed by atoms with Gasteiger partial charge in [0.1, 0.15) is 5.82 Å². The predicted octanol–water partition coefficient (Wildman–Crippen LogP) is 3.89. The van der Waals surface area contributed by atoms with Crippen LogP contribution in [0.5, 0.6) is 0 Å². The van der Waals surface area contributed by atoms with Crippen molar-refractivity contribution in [3.05, 3.63) is 65.0 Å². The molecule has 1 saturated heterocycles. The fourth-order valence-electron chi connectivity index (χ4n) is 3.45. The van der Waals surface area contributed by atoms with Gasteiger partial charge in [-0.05, 0) is 43.2 Å². The van der Waals surface area contributed by atoms with Crippen LogP contribution >= 0.6 is 11.8 Å². The van der Waals surface area contributed by atoms with Gasteiger partial charge in [-0.15, -0.1) is 0 Å². The second-order valence-corrected chi connectivity index (χ2v) is 8.54. The molecule has 1 fully saturated rings. The van der Waals surface area contributed by atoms with Crippen LogP contribution in [-0.4, -0.2) is 50.6 Å². The van der Waals surface area contributed by atoms with E-state index < -0.39 is 0 Å². The zero-order valence-corrected chi connectivity index (χ0v) is 17.6. The maximum Gasteiger partial charge on any atom is 0.255 e. The monoisotopic (exact) mass is 407 g/mol. The van der Waals surface area contributed by atoms with Gasteiger partial charge in [-0.1, -0.05) is 24.3 Å². The molecule has 150 valence electrons. The smallest absolute Gasteiger partial charge is 0.255 e. The molecule has 0 aliphatic carbocycles. The van der Waals surface area contributed by atoms with Gasteiger partial charge < -0.3 is 5.32 Å². The van der Waals surface area contributed by atoms with Gasteiger partial charge in [0, 0.05) is 48.0 Å². The van der Waals surface area contributed by atoms with E-state index in [1.807, 2.05) is 49.9 Å². The zero-order valence-electron chi connectivity index (χ0n) is 16.7. The summed E-state index contributed by atoms with van der Waals surface area (Å²) in [6.45, 7) is 7.14. The van der Waals surface area contributed by atoms with Crippen LogP contribution in [0, 0.1) is 13.8 Å². The molecule has 1 amide bonds. The Kier molecular flexibility index (Phi) is 5.97. The zero-order chi connectivity index (χ0) is 20.2. The first-order chi connectivity index (χ1) is 14.1. The van der Waals surface area contributed by atoms with Gasteiger partial charge in [0.15, 0.2) is 5.82 Å². The van der Waals surface area contributed by atoms with Gasteiger partial charge in [-0.25, -0.2) is 4.98 Å². The number of anilines is 1. The van der Waals surface area contributed by atoms with Crippen molar-refractivity contribution in [3.8, 4) is 11.4 Å². The molecule has 29 heavy (non-hydrogen) atoms. The molecule has 1 aliphatic rings. The minimum atomic E-state index is -0.136. The number of aryl methyl sites for hydroxylation is 2. The van der Waals surface area contributed by atoms with E-state index in [-0.39, 0.29) is 5.91 Å². The van der Waals surface area contributed by atoms with E-state index in [0.717, 1.165) is 42.3 Å². The normalized spacial score (nSPS) is 14.7. The summed E-state index contributed by atoms with van der Waals surface area (Å²) in [4.78, 5) is 19.6. The van der Waals surface area contributed by atoms with Gasteiger partial charge in [-0.2, -0.15) is 16.9 Å². The summed E-state index contributed by atoms with van der Waals surface area (Å²) in [7, 11) is 0. The summed E-state index contributed by atoms with van der Waals surface area (Å²) in [6, 6.07) is 13.7. The highest BCUT2D eigenvalue weighted by molar-refractivity contribution is 7.99. The van der Waals surface area contributed by atoms with Crippen molar-refractivity contribution in [1.82, 2.24) is 20.1 Å². The van der Waals surface area contributed by atoms with Crippen molar-refractivity contribution in [1.29, 1.82) is 0 Å². The number of rotatable bonds is 5. The van der Waals surface area contributed by atoms with Gasteiger partial charge in [0.2, 0.25) is 0 Å². The van der Waals surface area contributed by atoms with Crippen molar-refractivity contribution >= 4 is 23.4 Å². The minimum Gasteiger partial charge on any atom is -0.322 e. The molecular formula is C22H25N5OS. The third kappa shape index (κ3) is 4.86. The van der Waals surface area contributed by atoms with E-state index in [1.165, 1.54) is 17.1 Å². The third-order valence-electron chi connectivity index (χ3n) is 5.03. The lowest BCUT2D eigenvalue weighted by Gasteiger charge is -2.26. The second kappa shape index (κ2) is 8.80.